The van der Waals surface area contributed by atoms with Gasteiger partial charge in [0.15, 0.2) is 0 Å². The van der Waals surface area contributed by atoms with Crippen LogP contribution in [0.25, 0.3) is 0 Å². The van der Waals surface area contributed by atoms with E-state index in [-0.39, 0.29) is 12.2 Å². The van der Waals surface area contributed by atoms with Crippen molar-refractivity contribution in [2.24, 2.45) is 5.92 Å². The van der Waals surface area contributed by atoms with E-state index in [1.807, 2.05) is 0 Å². The largest absolute Gasteiger partial charge is 0.390 e. The van der Waals surface area contributed by atoms with Crippen LogP contribution in [0.3, 0.4) is 0 Å². The molecule has 2 aliphatic heterocycles. The van der Waals surface area contributed by atoms with Gasteiger partial charge in [-0.2, -0.15) is 0 Å². The summed E-state index contributed by atoms with van der Waals surface area (Å²) < 4.78 is 5.83. The number of fused-ring (bicyclic) bond motifs is 1. The third-order valence-electron chi connectivity index (χ3n) is 4.64. The molecule has 1 saturated carbocycles. The minimum Gasteiger partial charge on any atom is -0.390 e. The molecule has 0 spiro atoms. The Morgan fingerprint density at radius 1 is 1.25 bits per heavy atom. The van der Waals surface area contributed by atoms with Crippen molar-refractivity contribution >= 4 is 0 Å². The Bertz CT molecular complexity index is 242. The van der Waals surface area contributed by atoms with Gasteiger partial charge in [-0.05, 0) is 31.7 Å². The van der Waals surface area contributed by atoms with Crippen LogP contribution in [-0.4, -0.2) is 48.0 Å². The SMILES string of the molecule is OC(CC1CCC1)C1CN2CCCC2CO1. The Labute approximate surface area is 97.8 Å². The number of hydrogen-bond donors (Lipinski definition) is 1. The van der Waals surface area contributed by atoms with E-state index in [4.69, 9.17) is 4.74 Å². The van der Waals surface area contributed by atoms with Gasteiger partial charge in [-0.3, -0.25) is 4.90 Å². The fourth-order valence-electron chi connectivity index (χ4n) is 3.30. The second-order valence-corrected chi connectivity index (χ2v) is 5.76. The van der Waals surface area contributed by atoms with Gasteiger partial charge in [0.05, 0.1) is 18.8 Å². The van der Waals surface area contributed by atoms with E-state index >= 15 is 0 Å². The smallest absolute Gasteiger partial charge is 0.0961 e. The lowest BCUT2D eigenvalue weighted by Gasteiger charge is -2.39. The molecule has 0 aromatic carbocycles. The van der Waals surface area contributed by atoms with Gasteiger partial charge in [-0.1, -0.05) is 19.3 Å². The molecule has 2 saturated heterocycles. The monoisotopic (exact) mass is 225 g/mol. The normalized spacial score (nSPS) is 38.1. The molecule has 3 atom stereocenters. The molecule has 1 N–H and O–H groups in total. The summed E-state index contributed by atoms with van der Waals surface area (Å²) in [6.45, 7) is 3.01. The molecule has 3 fully saturated rings. The Kier molecular flexibility index (Phi) is 3.18. The number of hydrogen-bond acceptors (Lipinski definition) is 3. The van der Waals surface area contributed by atoms with Crippen molar-refractivity contribution in [2.75, 3.05) is 19.7 Å². The maximum absolute atomic E-state index is 10.2. The first kappa shape index (κ1) is 11.0. The van der Waals surface area contributed by atoms with Crippen molar-refractivity contribution in [3.63, 3.8) is 0 Å². The zero-order valence-corrected chi connectivity index (χ0v) is 9.98. The Balaban J connectivity index is 1.50. The maximum Gasteiger partial charge on any atom is 0.0961 e. The summed E-state index contributed by atoms with van der Waals surface area (Å²) in [6, 6.07) is 0.646. The van der Waals surface area contributed by atoms with Gasteiger partial charge < -0.3 is 9.84 Å². The highest BCUT2D eigenvalue weighted by Gasteiger charge is 2.36. The van der Waals surface area contributed by atoms with Crippen molar-refractivity contribution in [2.45, 2.75) is 56.8 Å². The zero-order valence-electron chi connectivity index (χ0n) is 9.98. The Hall–Kier alpha value is -0.120. The van der Waals surface area contributed by atoms with Gasteiger partial charge in [-0.15, -0.1) is 0 Å². The standard InChI is InChI=1S/C13H23NO2/c15-12(7-10-3-1-4-10)13-8-14-6-2-5-11(14)9-16-13/h10-13,15H,1-9H2. The molecule has 0 radical (unpaired) electrons. The quantitative estimate of drug-likeness (QED) is 0.788. The minimum absolute atomic E-state index is 0.0787. The molecule has 3 unspecified atom stereocenters. The molecule has 3 rings (SSSR count). The summed E-state index contributed by atoms with van der Waals surface area (Å²) in [7, 11) is 0. The number of ether oxygens (including phenoxy) is 1. The molecule has 3 aliphatic rings. The molecule has 0 bridgehead atoms. The first-order valence-corrected chi connectivity index (χ1v) is 6.86. The first-order chi connectivity index (χ1) is 7.83. The highest BCUT2D eigenvalue weighted by Crippen LogP contribution is 2.32. The summed E-state index contributed by atoms with van der Waals surface area (Å²) in [4.78, 5) is 2.51. The molecule has 3 heteroatoms. The van der Waals surface area contributed by atoms with Crippen LogP contribution < -0.4 is 0 Å². The van der Waals surface area contributed by atoms with Crippen LogP contribution in [0, 0.1) is 5.92 Å². The van der Waals surface area contributed by atoms with Gasteiger partial charge >= 0.3 is 0 Å². The summed E-state index contributed by atoms with van der Waals surface area (Å²) in [5.74, 6) is 0.773. The lowest BCUT2D eigenvalue weighted by molar-refractivity contribution is -0.109. The number of aliphatic hydroxyl groups is 1. The van der Waals surface area contributed by atoms with Crippen molar-refractivity contribution in [3.05, 3.63) is 0 Å². The molecular weight excluding hydrogens is 202 g/mol. The van der Waals surface area contributed by atoms with Crippen LogP contribution in [0.4, 0.5) is 0 Å². The highest BCUT2D eigenvalue weighted by molar-refractivity contribution is 4.88. The second kappa shape index (κ2) is 4.63. The molecular formula is C13H23NO2. The predicted molar refractivity (Wildman–Crippen MR) is 62.3 cm³/mol. The number of aliphatic hydroxyl groups excluding tert-OH is 1. The van der Waals surface area contributed by atoms with Crippen LogP contribution >= 0.6 is 0 Å². The molecule has 2 heterocycles. The van der Waals surface area contributed by atoms with Crippen molar-refractivity contribution in [1.29, 1.82) is 0 Å². The fourth-order valence-corrected chi connectivity index (χ4v) is 3.30. The van der Waals surface area contributed by atoms with E-state index in [0.717, 1.165) is 25.5 Å². The summed E-state index contributed by atoms with van der Waals surface area (Å²) >= 11 is 0. The van der Waals surface area contributed by atoms with Crippen LogP contribution in [0.1, 0.15) is 38.5 Å². The van der Waals surface area contributed by atoms with E-state index in [0.29, 0.717) is 6.04 Å². The average molecular weight is 225 g/mol. The molecule has 1 aliphatic carbocycles. The minimum atomic E-state index is -0.230. The van der Waals surface area contributed by atoms with Gasteiger partial charge in [-0.25, -0.2) is 0 Å². The third kappa shape index (κ3) is 2.13. The summed E-state index contributed by atoms with van der Waals surface area (Å²) in [5, 5.41) is 10.2. The van der Waals surface area contributed by atoms with Crippen LogP contribution in [0.15, 0.2) is 0 Å². The van der Waals surface area contributed by atoms with Crippen LogP contribution in [0.2, 0.25) is 0 Å². The first-order valence-electron chi connectivity index (χ1n) is 6.86. The number of rotatable bonds is 3. The van der Waals surface area contributed by atoms with E-state index in [1.54, 1.807) is 0 Å². The zero-order chi connectivity index (χ0) is 11.0. The van der Waals surface area contributed by atoms with E-state index in [9.17, 15) is 5.11 Å². The summed E-state index contributed by atoms with van der Waals surface area (Å²) in [5.41, 5.74) is 0. The van der Waals surface area contributed by atoms with Gasteiger partial charge in [0.2, 0.25) is 0 Å². The number of morpholine rings is 1. The molecule has 92 valence electrons. The van der Waals surface area contributed by atoms with Crippen LogP contribution in [0.5, 0.6) is 0 Å². The molecule has 0 amide bonds. The molecule has 16 heavy (non-hydrogen) atoms. The maximum atomic E-state index is 10.2. The second-order valence-electron chi connectivity index (χ2n) is 5.76. The van der Waals surface area contributed by atoms with Crippen molar-refractivity contribution in [1.82, 2.24) is 4.90 Å². The van der Waals surface area contributed by atoms with Crippen LogP contribution in [-0.2, 0) is 4.74 Å². The van der Waals surface area contributed by atoms with E-state index in [1.165, 1.54) is 38.6 Å². The number of nitrogens with zero attached hydrogens (tertiary/aromatic N) is 1. The Morgan fingerprint density at radius 2 is 2.12 bits per heavy atom. The lowest BCUT2D eigenvalue weighted by atomic mass is 9.80. The highest BCUT2D eigenvalue weighted by atomic mass is 16.5. The lowest BCUT2D eigenvalue weighted by Crippen LogP contribution is -2.50. The topological polar surface area (TPSA) is 32.7 Å². The molecule has 3 nitrogen and oxygen atoms in total. The van der Waals surface area contributed by atoms with Gasteiger partial charge in [0.25, 0.3) is 0 Å². The van der Waals surface area contributed by atoms with E-state index < -0.39 is 0 Å². The van der Waals surface area contributed by atoms with Gasteiger partial charge in [0.1, 0.15) is 0 Å². The Morgan fingerprint density at radius 3 is 2.88 bits per heavy atom. The van der Waals surface area contributed by atoms with E-state index in [2.05, 4.69) is 4.90 Å². The fraction of sp³-hybridized carbons (Fsp3) is 1.00. The summed E-state index contributed by atoms with van der Waals surface area (Å²) in [6.07, 6.45) is 7.39. The molecule has 0 aromatic heterocycles. The van der Waals surface area contributed by atoms with Crippen molar-refractivity contribution < 1.29 is 9.84 Å². The average Bonchev–Trinajstić information content (AvgIpc) is 2.69. The third-order valence-corrected chi connectivity index (χ3v) is 4.64. The van der Waals surface area contributed by atoms with Crippen molar-refractivity contribution in [3.8, 4) is 0 Å². The molecule has 0 aromatic rings. The predicted octanol–water partition coefficient (Wildman–Crippen LogP) is 1.40. The van der Waals surface area contributed by atoms with Gasteiger partial charge in [0, 0.05) is 12.6 Å².